The molecule has 1 fully saturated rings. The number of nitrogens with zero attached hydrogens (tertiary/aromatic N) is 1. The maximum Gasteiger partial charge on any atom is 0.251 e. The van der Waals surface area contributed by atoms with Gasteiger partial charge in [-0.05, 0) is 37.1 Å². The molecule has 1 aromatic rings. The molecular weight excluding hydrogens is 318 g/mol. The van der Waals surface area contributed by atoms with Crippen molar-refractivity contribution in [3.05, 3.63) is 29.8 Å². The predicted molar refractivity (Wildman–Crippen MR) is 87.7 cm³/mol. The lowest BCUT2D eigenvalue weighted by atomic mass is 10.0. The highest BCUT2D eigenvalue weighted by Crippen LogP contribution is 2.21. The molecule has 1 aliphatic rings. The fraction of sp³-hybridized carbons (Fsp3) is 0.467. The Hall–Kier alpha value is -1.93. The highest BCUT2D eigenvalue weighted by Gasteiger charge is 2.34. The summed E-state index contributed by atoms with van der Waals surface area (Å²) in [5, 5.41) is 5.24. The third-order valence-electron chi connectivity index (χ3n) is 3.82. The van der Waals surface area contributed by atoms with E-state index in [1.54, 1.807) is 31.3 Å². The molecule has 2 amide bonds. The first-order valence-corrected chi connectivity index (χ1v) is 9.27. The molecule has 0 spiro atoms. The number of rotatable bonds is 4. The second kappa shape index (κ2) is 7.10. The van der Waals surface area contributed by atoms with E-state index in [9.17, 15) is 18.0 Å². The molecule has 1 aliphatic heterocycles. The molecular formula is C15H21N3O4S. The summed E-state index contributed by atoms with van der Waals surface area (Å²) in [6.45, 7) is 0.368. The van der Waals surface area contributed by atoms with Gasteiger partial charge >= 0.3 is 0 Å². The number of sulfonamides is 1. The van der Waals surface area contributed by atoms with Gasteiger partial charge in [0, 0.05) is 24.8 Å². The van der Waals surface area contributed by atoms with Gasteiger partial charge in [-0.15, -0.1) is 0 Å². The highest BCUT2D eigenvalue weighted by molar-refractivity contribution is 7.88. The molecule has 1 unspecified atom stereocenters. The van der Waals surface area contributed by atoms with Crippen molar-refractivity contribution in [3.63, 3.8) is 0 Å². The summed E-state index contributed by atoms with van der Waals surface area (Å²) in [7, 11) is -1.87. The van der Waals surface area contributed by atoms with Gasteiger partial charge in [-0.2, -0.15) is 4.31 Å². The van der Waals surface area contributed by atoms with Crippen molar-refractivity contribution in [2.24, 2.45) is 0 Å². The predicted octanol–water partition coefficient (Wildman–Crippen LogP) is 0.799. The van der Waals surface area contributed by atoms with Crippen LogP contribution in [0.3, 0.4) is 0 Å². The van der Waals surface area contributed by atoms with Crippen molar-refractivity contribution >= 4 is 27.5 Å². The lowest BCUT2D eigenvalue weighted by Crippen LogP contribution is -2.49. The normalized spacial score (nSPS) is 19.1. The van der Waals surface area contributed by atoms with Crippen LogP contribution in [0, 0.1) is 0 Å². The third-order valence-corrected chi connectivity index (χ3v) is 5.11. The second-order valence-electron chi connectivity index (χ2n) is 5.53. The number of carbonyl (C=O) groups excluding carboxylic acids is 2. The van der Waals surface area contributed by atoms with Gasteiger partial charge in [0.1, 0.15) is 6.04 Å². The van der Waals surface area contributed by atoms with Gasteiger partial charge in [-0.3, -0.25) is 9.59 Å². The van der Waals surface area contributed by atoms with Crippen LogP contribution < -0.4 is 10.6 Å². The minimum absolute atomic E-state index is 0.210. The number of amides is 2. The number of carbonyl (C=O) groups is 2. The number of nitrogens with one attached hydrogen (secondary N) is 2. The minimum Gasteiger partial charge on any atom is -0.355 e. The molecule has 1 aromatic carbocycles. The molecule has 1 saturated heterocycles. The summed E-state index contributed by atoms with van der Waals surface area (Å²) < 4.78 is 24.9. The molecule has 2 rings (SSSR count). The molecule has 2 N–H and O–H groups in total. The average molecular weight is 339 g/mol. The largest absolute Gasteiger partial charge is 0.355 e. The van der Waals surface area contributed by atoms with E-state index in [0.717, 1.165) is 19.1 Å². The average Bonchev–Trinajstić information content (AvgIpc) is 2.54. The topological polar surface area (TPSA) is 95.6 Å². The summed E-state index contributed by atoms with van der Waals surface area (Å²) >= 11 is 0. The first-order valence-electron chi connectivity index (χ1n) is 7.43. The van der Waals surface area contributed by atoms with E-state index in [2.05, 4.69) is 10.6 Å². The van der Waals surface area contributed by atoms with E-state index in [1.807, 2.05) is 0 Å². The van der Waals surface area contributed by atoms with Crippen LogP contribution in [-0.4, -0.2) is 50.4 Å². The summed E-state index contributed by atoms with van der Waals surface area (Å²) in [6, 6.07) is 5.76. The fourth-order valence-electron chi connectivity index (χ4n) is 2.64. The van der Waals surface area contributed by atoms with Gasteiger partial charge in [0.25, 0.3) is 5.91 Å². The standard InChI is InChI=1S/C15H21N3O4S/c1-16-14(19)11-6-8-12(9-7-11)17-15(20)13-5-3-4-10-18(13)23(2,21)22/h6-9,13H,3-5,10H2,1-2H3,(H,16,19)(H,17,20). The van der Waals surface area contributed by atoms with E-state index in [0.29, 0.717) is 24.2 Å². The van der Waals surface area contributed by atoms with Gasteiger partial charge in [-0.1, -0.05) is 6.42 Å². The Morgan fingerprint density at radius 1 is 1.17 bits per heavy atom. The Morgan fingerprint density at radius 3 is 2.39 bits per heavy atom. The van der Waals surface area contributed by atoms with Gasteiger partial charge in [0.05, 0.1) is 6.26 Å². The quantitative estimate of drug-likeness (QED) is 0.848. The Balaban J connectivity index is 2.09. The Morgan fingerprint density at radius 2 is 1.83 bits per heavy atom. The van der Waals surface area contributed by atoms with Crippen LogP contribution in [0.15, 0.2) is 24.3 Å². The van der Waals surface area contributed by atoms with E-state index < -0.39 is 16.1 Å². The van der Waals surface area contributed by atoms with Crippen LogP contribution in [-0.2, 0) is 14.8 Å². The molecule has 8 heteroatoms. The molecule has 1 heterocycles. The van der Waals surface area contributed by atoms with Crippen molar-refractivity contribution in [1.29, 1.82) is 0 Å². The van der Waals surface area contributed by atoms with Crippen LogP contribution in [0.1, 0.15) is 29.6 Å². The van der Waals surface area contributed by atoms with Crippen LogP contribution >= 0.6 is 0 Å². The smallest absolute Gasteiger partial charge is 0.251 e. The van der Waals surface area contributed by atoms with Gasteiger partial charge in [0.15, 0.2) is 0 Å². The van der Waals surface area contributed by atoms with Crippen molar-refractivity contribution in [2.45, 2.75) is 25.3 Å². The van der Waals surface area contributed by atoms with Crippen LogP contribution in [0.5, 0.6) is 0 Å². The number of benzene rings is 1. The van der Waals surface area contributed by atoms with E-state index >= 15 is 0 Å². The lowest BCUT2D eigenvalue weighted by Gasteiger charge is -2.32. The first-order chi connectivity index (χ1) is 10.8. The van der Waals surface area contributed by atoms with Gasteiger partial charge in [0.2, 0.25) is 15.9 Å². The summed E-state index contributed by atoms with van der Waals surface area (Å²) in [5.41, 5.74) is 1.02. The Kier molecular flexibility index (Phi) is 5.38. The number of anilines is 1. The first kappa shape index (κ1) is 17.4. The van der Waals surface area contributed by atoms with E-state index in [-0.39, 0.29) is 11.8 Å². The lowest BCUT2D eigenvalue weighted by molar-refractivity contribution is -0.120. The molecule has 0 aliphatic carbocycles. The molecule has 0 saturated carbocycles. The monoisotopic (exact) mass is 339 g/mol. The molecule has 126 valence electrons. The zero-order valence-electron chi connectivity index (χ0n) is 13.2. The molecule has 0 radical (unpaired) electrons. The minimum atomic E-state index is -3.41. The van der Waals surface area contributed by atoms with Crippen molar-refractivity contribution in [3.8, 4) is 0 Å². The summed E-state index contributed by atoms with van der Waals surface area (Å²) in [4.78, 5) is 23.9. The van der Waals surface area contributed by atoms with Crippen molar-refractivity contribution in [1.82, 2.24) is 9.62 Å². The Labute approximate surface area is 136 Å². The van der Waals surface area contributed by atoms with Gasteiger partial charge < -0.3 is 10.6 Å². The molecule has 0 bridgehead atoms. The second-order valence-corrected chi connectivity index (χ2v) is 7.47. The number of hydrogen-bond acceptors (Lipinski definition) is 4. The SMILES string of the molecule is CNC(=O)c1ccc(NC(=O)C2CCCCN2S(C)(=O)=O)cc1. The van der Waals surface area contributed by atoms with Crippen LogP contribution in [0.4, 0.5) is 5.69 Å². The van der Waals surface area contributed by atoms with Crippen molar-refractivity contribution in [2.75, 3.05) is 25.2 Å². The van der Waals surface area contributed by atoms with E-state index in [4.69, 9.17) is 0 Å². The van der Waals surface area contributed by atoms with Crippen molar-refractivity contribution < 1.29 is 18.0 Å². The zero-order valence-corrected chi connectivity index (χ0v) is 14.0. The van der Waals surface area contributed by atoms with E-state index in [1.165, 1.54) is 4.31 Å². The fourth-order valence-corrected chi connectivity index (χ4v) is 3.76. The third kappa shape index (κ3) is 4.29. The molecule has 0 aromatic heterocycles. The maximum atomic E-state index is 12.4. The Bertz CT molecular complexity index is 685. The zero-order chi connectivity index (χ0) is 17.0. The molecule has 7 nitrogen and oxygen atoms in total. The summed E-state index contributed by atoms with van der Waals surface area (Å²) in [5.74, 6) is -0.554. The number of hydrogen-bond donors (Lipinski definition) is 2. The van der Waals surface area contributed by atoms with Crippen LogP contribution in [0.25, 0.3) is 0 Å². The number of piperidine rings is 1. The highest BCUT2D eigenvalue weighted by atomic mass is 32.2. The molecule has 1 atom stereocenters. The van der Waals surface area contributed by atoms with Crippen LogP contribution in [0.2, 0.25) is 0 Å². The maximum absolute atomic E-state index is 12.4. The summed E-state index contributed by atoms with van der Waals surface area (Å²) in [6.07, 6.45) is 3.21. The van der Waals surface area contributed by atoms with Gasteiger partial charge in [-0.25, -0.2) is 8.42 Å². The molecule has 23 heavy (non-hydrogen) atoms.